The summed E-state index contributed by atoms with van der Waals surface area (Å²) in [6, 6.07) is 15.6. The number of rotatable bonds is 7. The molecule has 7 heteroatoms. The van der Waals surface area contributed by atoms with Crippen LogP contribution < -0.4 is 15.1 Å². The predicted octanol–water partition coefficient (Wildman–Crippen LogP) is 1.55. The van der Waals surface area contributed by atoms with Crippen LogP contribution in [0.3, 0.4) is 0 Å². The Hall–Kier alpha value is -2.74. The largest absolute Gasteiger partial charge is 0.497 e. The summed E-state index contributed by atoms with van der Waals surface area (Å²) in [4.78, 5) is 28.6. The standard InChI is InChI=1S/C22H26N4O3/c1-29-18-7-8-20-19(15-18)21(27)22(28)26(20)14-11-24-9-12-25(13-10-24)23-16-17-5-3-2-4-6-17/h2-8,15,23H,9-14,16H2,1H3. The lowest BCUT2D eigenvalue weighted by Gasteiger charge is -2.35. The van der Waals surface area contributed by atoms with Crippen LogP contribution in [-0.4, -0.2) is 68.0 Å². The van der Waals surface area contributed by atoms with Crippen molar-refractivity contribution < 1.29 is 14.3 Å². The Labute approximate surface area is 170 Å². The van der Waals surface area contributed by atoms with Gasteiger partial charge in [-0.25, -0.2) is 5.01 Å². The van der Waals surface area contributed by atoms with Crippen LogP contribution in [0.1, 0.15) is 15.9 Å². The first-order chi connectivity index (χ1) is 14.2. The fraction of sp³-hybridized carbons (Fsp3) is 0.364. The fourth-order valence-corrected chi connectivity index (χ4v) is 3.80. The molecule has 2 heterocycles. The van der Waals surface area contributed by atoms with Gasteiger partial charge in [0.15, 0.2) is 0 Å². The van der Waals surface area contributed by atoms with E-state index in [-0.39, 0.29) is 0 Å². The molecule has 0 unspecified atom stereocenters. The number of hydrogen-bond acceptors (Lipinski definition) is 6. The van der Waals surface area contributed by atoms with Crippen LogP contribution in [0, 0.1) is 0 Å². The van der Waals surface area contributed by atoms with Gasteiger partial charge in [0.1, 0.15) is 5.75 Å². The maximum Gasteiger partial charge on any atom is 0.299 e. The molecular weight excluding hydrogens is 368 g/mol. The van der Waals surface area contributed by atoms with Gasteiger partial charge in [-0.2, -0.15) is 0 Å². The number of anilines is 1. The minimum atomic E-state index is -0.450. The number of carbonyl (C=O) groups excluding carboxylic acids is 2. The minimum Gasteiger partial charge on any atom is -0.497 e. The lowest BCUT2D eigenvalue weighted by molar-refractivity contribution is -0.114. The molecule has 2 aromatic carbocycles. The summed E-state index contributed by atoms with van der Waals surface area (Å²) in [5.41, 5.74) is 5.86. The van der Waals surface area contributed by atoms with Crippen LogP contribution in [0.4, 0.5) is 5.69 Å². The van der Waals surface area contributed by atoms with Gasteiger partial charge in [-0.1, -0.05) is 30.3 Å². The van der Waals surface area contributed by atoms with Crippen LogP contribution in [-0.2, 0) is 11.3 Å². The van der Waals surface area contributed by atoms with E-state index in [9.17, 15) is 9.59 Å². The molecule has 2 aliphatic heterocycles. The normalized spacial score (nSPS) is 17.6. The molecule has 0 radical (unpaired) electrons. The van der Waals surface area contributed by atoms with Gasteiger partial charge in [-0.15, -0.1) is 0 Å². The average Bonchev–Trinajstić information content (AvgIpc) is 3.01. The van der Waals surface area contributed by atoms with Crippen molar-refractivity contribution in [2.24, 2.45) is 0 Å². The molecule has 1 fully saturated rings. The third-order valence-corrected chi connectivity index (χ3v) is 5.54. The molecule has 4 rings (SSSR count). The molecule has 0 saturated carbocycles. The Balaban J connectivity index is 1.27. The summed E-state index contributed by atoms with van der Waals surface area (Å²) in [7, 11) is 1.55. The second-order valence-corrected chi connectivity index (χ2v) is 7.32. The molecule has 152 valence electrons. The number of benzene rings is 2. The van der Waals surface area contributed by atoms with E-state index < -0.39 is 11.7 Å². The zero-order valence-electron chi connectivity index (χ0n) is 16.6. The number of nitrogens with one attached hydrogen (secondary N) is 1. The molecule has 0 atom stereocenters. The first-order valence-corrected chi connectivity index (χ1v) is 9.94. The van der Waals surface area contributed by atoms with Crippen molar-refractivity contribution in [3.05, 3.63) is 59.7 Å². The Morgan fingerprint density at radius 3 is 2.45 bits per heavy atom. The van der Waals surface area contributed by atoms with Gasteiger partial charge < -0.3 is 9.64 Å². The zero-order chi connectivity index (χ0) is 20.2. The first kappa shape index (κ1) is 19.6. The Morgan fingerprint density at radius 1 is 0.966 bits per heavy atom. The van der Waals surface area contributed by atoms with E-state index in [0.29, 0.717) is 23.5 Å². The number of amides is 1. The SMILES string of the molecule is COc1ccc2c(c1)C(=O)C(=O)N2CCN1CCN(NCc2ccccc2)CC1. The highest BCUT2D eigenvalue weighted by Crippen LogP contribution is 2.31. The number of hydrogen-bond donors (Lipinski definition) is 1. The van der Waals surface area contributed by atoms with Crippen LogP contribution >= 0.6 is 0 Å². The van der Waals surface area contributed by atoms with Crippen LogP contribution in [0.5, 0.6) is 5.75 Å². The number of methoxy groups -OCH3 is 1. The molecule has 0 aliphatic carbocycles. The minimum absolute atomic E-state index is 0.435. The number of ether oxygens (including phenoxy) is 1. The number of hydrazine groups is 1. The Bertz CT molecular complexity index is 879. The summed E-state index contributed by atoms with van der Waals surface area (Å²) >= 11 is 0. The smallest absolute Gasteiger partial charge is 0.299 e. The number of nitrogens with zero attached hydrogens (tertiary/aromatic N) is 3. The fourth-order valence-electron chi connectivity index (χ4n) is 3.80. The van der Waals surface area contributed by atoms with Crippen LogP contribution in [0.25, 0.3) is 0 Å². The number of carbonyl (C=O) groups is 2. The van der Waals surface area contributed by atoms with Gasteiger partial charge in [-0.05, 0) is 23.8 Å². The number of piperazine rings is 1. The van der Waals surface area contributed by atoms with Crippen molar-refractivity contribution >= 4 is 17.4 Å². The molecule has 1 N–H and O–H groups in total. The lowest BCUT2D eigenvalue weighted by Crippen LogP contribution is -2.53. The van der Waals surface area contributed by atoms with Crippen LogP contribution in [0.2, 0.25) is 0 Å². The summed E-state index contributed by atoms with van der Waals surface area (Å²) < 4.78 is 5.17. The number of fused-ring (bicyclic) bond motifs is 1. The van der Waals surface area contributed by atoms with Crippen molar-refractivity contribution in [3.63, 3.8) is 0 Å². The quantitative estimate of drug-likeness (QED) is 0.719. The lowest BCUT2D eigenvalue weighted by atomic mass is 10.1. The van der Waals surface area contributed by atoms with Gasteiger partial charge in [0.25, 0.3) is 11.7 Å². The maximum atomic E-state index is 12.4. The highest BCUT2D eigenvalue weighted by atomic mass is 16.5. The first-order valence-electron chi connectivity index (χ1n) is 9.94. The van der Waals surface area contributed by atoms with Crippen molar-refractivity contribution in [2.45, 2.75) is 6.54 Å². The van der Waals surface area contributed by atoms with Gasteiger partial charge >= 0.3 is 0 Å². The molecule has 1 amide bonds. The van der Waals surface area contributed by atoms with E-state index in [1.807, 2.05) is 18.2 Å². The Morgan fingerprint density at radius 2 is 1.72 bits per heavy atom. The Kier molecular flexibility index (Phi) is 5.89. The second-order valence-electron chi connectivity index (χ2n) is 7.32. The van der Waals surface area contributed by atoms with Gasteiger partial charge in [-0.3, -0.25) is 19.9 Å². The molecule has 2 aliphatic rings. The highest BCUT2D eigenvalue weighted by molar-refractivity contribution is 6.52. The summed E-state index contributed by atoms with van der Waals surface area (Å²) in [5.74, 6) is -0.309. The topological polar surface area (TPSA) is 65.1 Å². The van der Waals surface area contributed by atoms with Crippen molar-refractivity contribution in [3.8, 4) is 5.75 Å². The number of ketones is 1. The number of Topliss-reactive ketones (excluding diaryl/α,β-unsaturated/α-hetero) is 1. The van der Waals surface area contributed by atoms with Gasteiger partial charge in [0.2, 0.25) is 0 Å². The van der Waals surface area contributed by atoms with Crippen molar-refractivity contribution in [1.29, 1.82) is 0 Å². The van der Waals surface area contributed by atoms with E-state index >= 15 is 0 Å². The molecule has 0 aromatic heterocycles. The van der Waals surface area contributed by atoms with Gasteiger partial charge in [0, 0.05) is 45.8 Å². The second kappa shape index (κ2) is 8.73. The van der Waals surface area contributed by atoms with Crippen molar-refractivity contribution in [2.75, 3.05) is 51.3 Å². The molecular formula is C22H26N4O3. The van der Waals surface area contributed by atoms with Crippen molar-refractivity contribution in [1.82, 2.24) is 15.3 Å². The average molecular weight is 394 g/mol. The molecule has 0 spiro atoms. The van der Waals surface area contributed by atoms with E-state index in [0.717, 1.165) is 39.3 Å². The van der Waals surface area contributed by atoms with Crippen LogP contribution in [0.15, 0.2) is 48.5 Å². The summed E-state index contributed by atoms with van der Waals surface area (Å²) in [5, 5.41) is 2.25. The summed E-state index contributed by atoms with van der Waals surface area (Å²) in [6.45, 7) is 5.78. The van der Waals surface area contributed by atoms with E-state index in [1.54, 1.807) is 30.2 Å². The van der Waals surface area contributed by atoms with E-state index in [4.69, 9.17) is 4.74 Å². The zero-order valence-corrected chi connectivity index (χ0v) is 16.6. The molecule has 2 aromatic rings. The van der Waals surface area contributed by atoms with E-state index in [1.165, 1.54) is 5.56 Å². The molecule has 29 heavy (non-hydrogen) atoms. The molecule has 1 saturated heterocycles. The monoisotopic (exact) mass is 394 g/mol. The van der Waals surface area contributed by atoms with E-state index in [2.05, 4.69) is 27.5 Å². The maximum absolute atomic E-state index is 12.4. The summed E-state index contributed by atoms with van der Waals surface area (Å²) in [6.07, 6.45) is 0. The predicted molar refractivity (Wildman–Crippen MR) is 111 cm³/mol. The molecule has 7 nitrogen and oxygen atoms in total. The van der Waals surface area contributed by atoms with Gasteiger partial charge in [0.05, 0.1) is 18.4 Å². The highest BCUT2D eigenvalue weighted by Gasteiger charge is 2.36. The third-order valence-electron chi connectivity index (χ3n) is 5.54. The third kappa shape index (κ3) is 4.32. The molecule has 0 bridgehead atoms.